The Labute approximate surface area is 150 Å². The van der Waals surface area contributed by atoms with E-state index in [1.54, 1.807) is 18.2 Å². The molecule has 0 aliphatic carbocycles. The van der Waals surface area contributed by atoms with Crippen LogP contribution in [0.2, 0.25) is 0 Å². The molecule has 3 aromatic rings. The Bertz CT molecular complexity index is 952. The third-order valence-corrected chi connectivity index (χ3v) is 6.45. The van der Waals surface area contributed by atoms with E-state index in [-0.39, 0.29) is 23.9 Å². The maximum absolute atomic E-state index is 12.4. The minimum absolute atomic E-state index is 0.163. The molecular weight excluding hydrogens is 358 g/mol. The highest BCUT2D eigenvalue weighted by Crippen LogP contribution is 2.21. The number of carbonyl (C=O) groups is 1. The Balaban J connectivity index is 1.60. The molecule has 1 aromatic heterocycles. The summed E-state index contributed by atoms with van der Waals surface area (Å²) in [5, 5.41) is 3.50. The number of fused-ring (bicyclic) bond motifs is 1. The summed E-state index contributed by atoms with van der Waals surface area (Å²) in [5.74, 6) is -0.374. The zero-order valence-corrected chi connectivity index (χ0v) is 15.2. The molecule has 0 bridgehead atoms. The van der Waals surface area contributed by atoms with E-state index in [9.17, 15) is 13.2 Å². The molecule has 0 fully saturated rings. The maximum Gasteiger partial charge on any atom is 0.243 e. The second-order valence-electron chi connectivity index (χ2n) is 5.43. The van der Waals surface area contributed by atoms with Gasteiger partial charge in [-0.25, -0.2) is 13.4 Å². The van der Waals surface area contributed by atoms with Gasteiger partial charge in [0.2, 0.25) is 15.9 Å². The number of nitrogens with zero attached hydrogens (tertiary/aromatic N) is 2. The van der Waals surface area contributed by atoms with Gasteiger partial charge in [-0.15, -0.1) is 11.3 Å². The molecular formula is C17H17N3O3S2. The average Bonchev–Trinajstić information content (AvgIpc) is 3.03. The first kappa shape index (κ1) is 17.5. The Morgan fingerprint density at radius 3 is 2.52 bits per heavy atom. The average molecular weight is 375 g/mol. The van der Waals surface area contributed by atoms with Crippen LogP contribution in [0.25, 0.3) is 10.2 Å². The summed E-state index contributed by atoms with van der Waals surface area (Å²) in [5.41, 5.74) is 0.889. The lowest BCUT2D eigenvalue weighted by Crippen LogP contribution is -2.38. The second kappa shape index (κ2) is 7.30. The van der Waals surface area contributed by atoms with Crippen LogP contribution in [0.15, 0.2) is 59.5 Å². The van der Waals surface area contributed by atoms with Crippen LogP contribution < -0.4 is 5.32 Å². The molecule has 25 heavy (non-hydrogen) atoms. The Morgan fingerprint density at radius 1 is 1.12 bits per heavy atom. The summed E-state index contributed by atoms with van der Waals surface area (Å²) in [7, 11) is -2.29. The van der Waals surface area contributed by atoms with Crippen molar-refractivity contribution >= 4 is 37.5 Å². The second-order valence-corrected chi connectivity index (χ2v) is 8.59. The minimum Gasteiger partial charge on any atom is -0.348 e. The number of rotatable bonds is 6. The van der Waals surface area contributed by atoms with Gasteiger partial charge in [-0.05, 0) is 24.3 Å². The van der Waals surface area contributed by atoms with Crippen LogP contribution in [0.5, 0.6) is 0 Å². The first-order valence-electron chi connectivity index (χ1n) is 7.59. The molecule has 6 nitrogen and oxygen atoms in total. The van der Waals surface area contributed by atoms with Gasteiger partial charge in [-0.1, -0.05) is 30.3 Å². The highest BCUT2D eigenvalue weighted by molar-refractivity contribution is 7.89. The van der Waals surface area contributed by atoms with Crippen molar-refractivity contribution < 1.29 is 13.2 Å². The molecule has 0 spiro atoms. The molecule has 0 atom stereocenters. The lowest BCUT2D eigenvalue weighted by Gasteiger charge is -2.16. The van der Waals surface area contributed by atoms with Gasteiger partial charge < -0.3 is 5.32 Å². The monoisotopic (exact) mass is 375 g/mol. The van der Waals surface area contributed by atoms with Gasteiger partial charge in [0.05, 0.1) is 28.2 Å². The third kappa shape index (κ3) is 4.04. The standard InChI is InChI=1S/C17H17N3O3S2/c1-20(25(22,23)13-7-3-2-4-8-13)12-16(21)18-11-17-19-14-9-5-6-10-15(14)24-17/h2-10H,11-12H2,1H3,(H,18,21). The van der Waals surface area contributed by atoms with E-state index in [1.165, 1.54) is 30.5 Å². The molecule has 0 unspecified atom stereocenters. The molecule has 2 aromatic carbocycles. The predicted octanol–water partition coefficient (Wildman–Crippen LogP) is 2.23. The zero-order valence-electron chi connectivity index (χ0n) is 13.5. The van der Waals surface area contributed by atoms with Crippen LogP contribution in [0.4, 0.5) is 0 Å². The summed E-state index contributed by atoms with van der Waals surface area (Å²) >= 11 is 1.50. The molecule has 0 radical (unpaired) electrons. The quantitative estimate of drug-likeness (QED) is 0.717. The van der Waals surface area contributed by atoms with E-state index in [1.807, 2.05) is 24.3 Å². The van der Waals surface area contributed by atoms with Crippen molar-refractivity contribution in [3.63, 3.8) is 0 Å². The number of thiazole rings is 1. The van der Waals surface area contributed by atoms with E-state index in [2.05, 4.69) is 10.3 Å². The van der Waals surface area contributed by atoms with Gasteiger partial charge in [0, 0.05) is 7.05 Å². The summed E-state index contributed by atoms with van der Waals surface area (Å²) in [4.78, 5) is 16.7. The zero-order chi connectivity index (χ0) is 17.9. The number of hydrogen-bond donors (Lipinski definition) is 1. The number of likely N-dealkylation sites (N-methyl/N-ethyl adjacent to an activating group) is 1. The number of benzene rings is 2. The number of carbonyl (C=O) groups excluding carboxylic acids is 1. The van der Waals surface area contributed by atoms with Gasteiger partial charge in [0.25, 0.3) is 0 Å². The van der Waals surface area contributed by atoms with Crippen molar-refractivity contribution in [1.82, 2.24) is 14.6 Å². The predicted molar refractivity (Wildman–Crippen MR) is 97.7 cm³/mol. The van der Waals surface area contributed by atoms with Crippen LogP contribution in [0, 0.1) is 0 Å². The van der Waals surface area contributed by atoms with E-state index in [4.69, 9.17) is 0 Å². The SMILES string of the molecule is CN(CC(=O)NCc1nc2ccccc2s1)S(=O)(=O)c1ccccc1. The van der Waals surface area contributed by atoms with E-state index in [0.717, 1.165) is 19.5 Å². The highest BCUT2D eigenvalue weighted by Gasteiger charge is 2.22. The van der Waals surface area contributed by atoms with Gasteiger partial charge >= 0.3 is 0 Å². The molecule has 0 aliphatic heterocycles. The van der Waals surface area contributed by atoms with E-state index < -0.39 is 10.0 Å². The summed E-state index contributed by atoms with van der Waals surface area (Å²) in [6, 6.07) is 15.8. The molecule has 130 valence electrons. The van der Waals surface area contributed by atoms with E-state index in [0.29, 0.717) is 0 Å². The van der Waals surface area contributed by atoms with Crippen LogP contribution in [0.1, 0.15) is 5.01 Å². The van der Waals surface area contributed by atoms with Crippen molar-refractivity contribution in [2.24, 2.45) is 0 Å². The summed E-state index contributed by atoms with van der Waals surface area (Å²) in [6.45, 7) is 0.0273. The van der Waals surface area contributed by atoms with Gasteiger partial charge in [-0.2, -0.15) is 4.31 Å². The fraction of sp³-hybridized carbons (Fsp3) is 0.176. The third-order valence-electron chi connectivity index (χ3n) is 3.59. The first-order chi connectivity index (χ1) is 12.0. The smallest absolute Gasteiger partial charge is 0.243 e. The fourth-order valence-electron chi connectivity index (χ4n) is 2.29. The van der Waals surface area contributed by atoms with Gasteiger partial charge in [0.15, 0.2) is 0 Å². The normalized spacial score (nSPS) is 11.8. The molecule has 1 N–H and O–H groups in total. The highest BCUT2D eigenvalue weighted by atomic mass is 32.2. The number of aromatic nitrogens is 1. The molecule has 0 saturated heterocycles. The van der Waals surface area contributed by atoms with Crippen LogP contribution >= 0.6 is 11.3 Å². The van der Waals surface area contributed by atoms with Crippen molar-refractivity contribution in [3.8, 4) is 0 Å². The van der Waals surface area contributed by atoms with E-state index >= 15 is 0 Å². The number of hydrogen-bond acceptors (Lipinski definition) is 5. The Kier molecular flexibility index (Phi) is 5.12. The number of nitrogens with one attached hydrogen (secondary N) is 1. The summed E-state index contributed by atoms with van der Waals surface area (Å²) in [6.07, 6.45) is 0. The van der Waals surface area contributed by atoms with Gasteiger partial charge in [-0.3, -0.25) is 4.79 Å². The van der Waals surface area contributed by atoms with Crippen molar-refractivity contribution in [2.45, 2.75) is 11.4 Å². The number of para-hydroxylation sites is 1. The summed E-state index contributed by atoms with van der Waals surface area (Å²) < 4.78 is 26.9. The number of sulfonamides is 1. The van der Waals surface area contributed by atoms with Crippen molar-refractivity contribution in [3.05, 3.63) is 59.6 Å². The molecule has 8 heteroatoms. The minimum atomic E-state index is -3.68. The van der Waals surface area contributed by atoms with Gasteiger partial charge in [0.1, 0.15) is 5.01 Å². The molecule has 0 aliphatic rings. The Hall–Kier alpha value is -2.29. The van der Waals surface area contributed by atoms with Crippen LogP contribution in [0.3, 0.4) is 0 Å². The fourth-order valence-corrected chi connectivity index (χ4v) is 4.34. The molecule has 3 rings (SSSR count). The lowest BCUT2D eigenvalue weighted by atomic mass is 10.3. The topological polar surface area (TPSA) is 79.4 Å². The number of amides is 1. The van der Waals surface area contributed by atoms with Crippen LogP contribution in [-0.2, 0) is 21.4 Å². The molecule has 1 amide bonds. The van der Waals surface area contributed by atoms with Crippen LogP contribution in [-0.4, -0.2) is 37.2 Å². The largest absolute Gasteiger partial charge is 0.348 e. The lowest BCUT2D eigenvalue weighted by molar-refractivity contribution is -0.121. The van der Waals surface area contributed by atoms with Crippen molar-refractivity contribution in [2.75, 3.05) is 13.6 Å². The molecule has 1 heterocycles. The first-order valence-corrected chi connectivity index (χ1v) is 9.85. The van der Waals surface area contributed by atoms with Crippen molar-refractivity contribution in [1.29, 1.82) is 0 Å². The maximum atomic E-state index is 12.4. The molecule has 0 saturated carbocycles. The Morgan fingerprint density at radius 2 is 1.80 bits per heavy atom.